The lowest BCUT2D eigenvalue weighted by Gasteiger charge is -2.43. The number of fused-ring (bicyclic) bond motifs is 3. The number of allylic oxidation sites excluding steroid dienone is 5. The molecule has 0 spiro atoms. The van der Waals surface area contributed by atoms with Gasteiger partial charge in [-0.3, -0.25) is 0 Å². The first kappa shape index (κ1) is 18.9. The van der Waals surface area contributed by atoms with E-state index in [2.05, 4.69) is 110 Å². The highest BCUT2D eigenvalue weighted by molar-refractivity contribution is 5.80. The summed E-state index contributed by atoms with van der Waals surface area (Å²) >= 11 is 0. The molecule has 2 aliphatic carbocycles. The van der Waals surface area contributed by atoms with E-state index in [1.165, 1.54) is 33.4 Å². The van der Waals surface area contributed by atoms with Gasteiger partial charge in [-0.05, 0) is 53.5 Å². The zero-order chi connectivity index (χ0) is 20.4. The van der Waals surface area contributed by atoms with Gasteiger partial charge in [0.25, 0.3) is 0 Å². The molecule has 2 aliphatic rings. The van der Waals surface area contributed by atoms with Crippen molar-refractivity contribution in [2.75, 3.05) is 0 Å². The van der Waals surface area contributed by atoms with Crippen LogP contribution in [-0.2, 0) is 5.41 Å². The fourth-order valence-electron chi connectivity index (χ4n) is 5.71. The molecule has 30 heavy (non-hydrogen) atoms. The van der Waals surface area contributed by atoms with E-state index in [4.69, 9.17) is 0 Å². The standard InChI is InChI=1S/C30H28/c1-2-3-13-22-30(24-16-7-8-17-24,23-14-5-4-6-15-23)29-27-20-11-9-18-25(27)26-19-10-12-21-28(26)29/h2,4-12,14-16,18-21,29H,1,3,13,17,22H2. The van der Waals surface area contributed by atoms with Gasteiger partial charge in [0, 0.05) is 11.3 Å². The van der Waals surface area contributed by atoms with Crippen LogP contribution in [0.4, 0.5) is 0 Å². The summed E-state index contributed by atoms with van der Waals surface area (Å²) in [7, 11) is 0. The monoisotopic (exact) mass is 388 g/mol. The molecule has 5 rings (SSSR count). The zero-order valence-corrected chi connectivity index (χ0v) is 17.4. The first-order chi connectivity index (χ1) is 14.9. The molecule has 148 valence electrons. The fraction of sp³-hybridized carbons (Fsp3) is 0.200. The van der Waals surface area contributed by atoms with Crippen molar-refractivity contribution in [3.63, 3.8) is 0 Å². The van der Waals surface area contributed by atoms with E-state index >= 15 is 0 Å². The van der Waals surface area contributed by atoms with Crippen LogP contribution < -0.4 is 0 Å². The summed E-state index contributed by atoms with van der Waals surface area (Å²) < 4.78 is 0. The quantitative estimate of drug-likeness (QED) is 0.284. The molecular weight excluding hydrogens is 360 g/mol. The summed E-state index contributed by atoms with van der Waals surface area (Å²) in [5.74, 6) is 0.322. The Hall–Kier alpha value is -3.12. The van der Waals surface area contributed by atoms with Gasteiger partial charge in [0.05, 0.1) is 0 Å². The van der Waals surface area contributed by atoms with Gasteiger partial charge in [-0.1, -0.05) is 109 Å². The Morgan fingerprint density at radius 1 is 0.833 bits per heavy atom. The minimum atomic E-state index is -0.0591. The lowest BCUT2D eigenvalue weighted by Crippen LogP contribution is -2.35. The molecule has 0 N–H and O–H groups in total. The predicted molar refractivity (Wildman–Crippen MR) is 128 cm³/mol. The normalized spacial score (nSPS) is 16.6. The first-order valence-electron chi connectivity index (χ1n) is 11.1. The van der Waals surface area contributed by atoms with E-state index in [9.17, 15) is 0 Å². The van der Waals surface area contributed by atoms with Crippen molar-refractivity contribution >= 4 is 0 Å². The van der Waals surface area contributed by atoms with Crippen LogP contribution >= 0.6 is 0 Å². The molecule has 0 bridgehead atoms. The summed E-state index contributed by atoms with van der Waals surface area (Å²) in [6, 6.07) is 29.3. The Bertz CT molecular complexity index is 1070. The van der Waals surface area contributed by atoms with E-state index in [1.54, 1.807) is 0 Å². The third-order valence-electron chi connectivity index (χ3n) is 6.94. The molecule has 3 aromatic carbocycles. The number of rotatable bonds is 7. The molecular formula is C30H28. The third kappa shape index (κ3) is 2.91. The first-order valence-corrected chi connectivity index (χ1v) is 11.1. The van der Waals surface area contributed by atoms with E-state index in [0.717, 1.165) is 25.7 Å². The average molecular weight is 389 g/mol. The smallest absolute Gasteiger partial charge is 0.0277 e. The highest BCUT2D eigenvalue weighted by Gasteiger charge is 2.48. The number of hydrogen-bond acceptors (Lipinski definition) is 0. The van der Waals surface area contributed by atoms with Gasteiger partial charge in [-0.2, -0.15) is 0 Å². The van der Waals surface area contributed by atoms with Crippen molar-refractivity contribution in [1.29, 1.82) is 0 Å². The van der Waals surface area contributed by atoms with Gasteiger partial charge in [0.15, 0.2) is 0 Å². The topological polar surface area (TPSA) is 0 Å². The van der Waals surface area contributed by atoms with E-state index in [1.807, 2.05) is 0 Å². The molecule has 0 saturated carbocycles. The Balaban J connectivity index is 1.79. The fourth-order valence-corrected chi connectivity index (χ4v) is 5.71. The number of benzene rings is 3. The van der Waals surface area contributed by atoms with Gasteiger partial charge >= 0.3 is 0 Å². The molecule has 0 aromatic heterocycles. The molecule has 1 atom stereocenters. The van der Waals surface area contributed by atoms with Gasteiger partial charge in [-0.15, -0.1) is 6.58 Å². The molecule has 0 amide bonds. The summed E-state index contributed by atoms with van der Waals surface area (Å²) in [6.07, 6.45) is 13.3. The maximum atomic E-state index is 3.99. The minimum Gasteiger partial charge on any atom is -0.103 e. The summed E-state index contributed by atoms with van der Waals surface area (Å²) in [6.45, 7) is 3.99. The predicted octanol–water partition coefficient (Wildman–Crippen LogP) is 7.98. The number of unbranched alkanes of at least 4 members (excludes halogenated alkanes) is 1. The summed E-state index contributed by atoms with van der Waals surface area (Å²) in [5.41, 5.74) is 8.64. The second-order valence-corrected chi connectivity index (χ2v) is 8.45. The molecule has 0 heteroatoms. The van der Waals surface area contributed by atoms with Crippen LogP contribution in [0.2, 0.25) is 0 Å². The minimum absolute atomic E-state index is 0.0591. The van der Waals surface area contributed by atoms with Crippen LogP contribution in [0, 0.1) is 0 Å². The highest BCUT2D eigenvalue weighted by Crippen LogP contribution is 2.59. The zero-order valence-electron chi connectivity index (χ0n) is 17.4. The van der Waals surface area contributed by atoms with Crippen molar-refractivity contribution in [1.82, 2.24) is 0 Å². The second-order valence-electron chi connectivity index (χ2n) is 8.45. The van der Waals surface area contributed by atoms with Crippen LogP contribution in [0.25, 0.3) is 11.1 Å². The lowest BCUT2D eigenvalue weighted by atomic mass is 9.59. The van der Waals surface area contributed by atoms with Crippen LogP contribution in [0.1, 0.15) is 48.3 Å². The maximum absolute atomic E-state index is 3.99. The van der Waals surface area contributed by atoms with Gasteiger partial charge in [-0.25, -0.2) is 0 Å². The van der Waals surface area contributed by atoms with E-state index in [-0.39, 0.29) is 5.41 Å². The van der Waals surface area contributed by atoms with Gasteiger partial charge < -0.3 is 0 Å². The Kier molecular flexibility index (Phi) is 5.01. The Morgan fingerprint density at radius 2 is 1.47 bits per heavy atom. The molecule has 0 fully saturated rings. The van der Waals surface area contributed by atoms with Gasteiger partial charge in [0.1, 0.15) is 0 Å². The third-order valence-corrected chi connectivity index (χ3v) is 6.94. The van der Waals surface area contributed by atoms with Crippen molar-refractivity contribution in [2.24, 2.45) is 0 Å². The second kappa shape index (κ2) is 7.95. The number of hydrogen-bond donors (Lipinski definition) is 0. The lowest BCUT2D eigenvalue weighted by molar-refractivity contribution is 0.399. The van der Waals surface area contributed by atoms with Crippen LogP contribution in [-0.4, -0.2) is 0 Å². The Morgan fingerprint density at radius 3 is 2.07 bits per heavy atom. The van der Waals surface area contributed by atoms with Crippen LogP contribution in [0.15, 0.2) is 115 Å². The van der Waals surface area contributed by atoms with Crippen LogP contribution in [0.5, 0.6) is 0 Å². The molecule has 1 unspecified atom stereocenters. The summed E-state index contributed by atoms with van der Waals surface area (Å²) in [5, 5.41) is 0. The highest BCUT2D eigenvalue weighted by atomic mass is 14.5. The summed E-state index contributed by atoms with van der Waals surface area (Å²) in [4.78, 5) is 0. The molecule has 0 saturated heterocycles. The van der Waals surface area contributed by atoms with Crippen LogP contribution in [0.3, 0.4) is 0 Å². The largest absolute Gasteiger partial charge is 0.103 e. The van der Waals surface area contributed by atoms with Crippen molar-refractivity contribution in [2.45, 2.75) is 37.0 Å². The van der Waals surface area contributed by atoms with E-state index < -0.39 is 0 Å². The molecule has 0 aliphatic heterocycles. The van der Waals surface area contributed by atoms with E-state index in [0.29, 0.717) is 5.92 Å². The molecule has 0 nitrogen and oxygen atoms in total. The molecule has 0 radical (unpaired) electrons. The maximum Gasteiger partial charge on any atom is 0.0277 e. The average Bonchev–Trinajstić information content (AvgIpc) is 3.45. The Labute approximate surface area is 180 Å². The van der Waals surface area contributed by atoms with Gasteiger partial charge in [0.2, 0.25) is 0 Å². The van der Waals surface area contributed by atoms with Crippen molar-refractivity contribution in [3.8, 4) is 11.1 Å². The SMILES string of the molecule is C=CCCCC(C1=CC=CC1)(c1ccccc1)C1c2ccccc2-c2ccccc21. The van der Waals surface area contributed by atoms with Crippen molar-refractivity contribution < 1.29 is 0 Å². The molecule has 3 aromatic rings. The molecule has 0 heterocycles. The van der Waals surface area contributed by atoms with Crippen molar-refractivity contribution in [3.05, 3.63) is 132 Å².